The summed E-state index contributed by atoms with van der Waals surface area (Å²) in [6.45, 7) is 0. The van der Waals surface area contributed by atoms with Crippen molar-refractivity contribution >= 4 is 0 Å². The molecule has 0 saturated carbocycles. The van der Waals surface area contributed by atoms with E-state index in [-0.39, 0.29) is 11.5 Å². The molecule has 2 aromatic carbocycles. The minimum Gasteiger partial charge on any atom is -0.496 e. The van der Waals surface area contributed by atoms with Gasteiger partial charge in [-0.2, -0.15) is 13.2 Å². The molecule has 0 unspecified atom stereocenters. The Kier molecular flexibility index (Phi) is 4.20. The van der Waals surface area contributed by atoms with Crippen LogP contribution in [-0.2, 0) is 6.18 Å². The molecule has 24 heavy (non-hydrogen) atoms. The van der Waals surface area contributed by atoms with E-state index in [1.165, 1.54) is 7.11 Å². The number of aromatic nitrogens is 2. The van der Waals surface area contributed by atoms with Crippen LogP contribution >= 0.6 is 0 Å². The highest BCUT2D eigenvalue weighted by atomic mass is 19.4. The van der Waals surface area contributed by atoms with Gasteiger partial charge in [0.2, 0.25) is 0 Å². The number of benzene rings is 2. The van der Waals surface area contributed by atoms with Gasteiger partial charge in [-0.3, -0.25) is 0 Å². The first kappa shape index (κ1) is 16.0. The van der Waals surface area contributed by atoms with E-state index < -0.39 is 11.9 Å². The average Bonchev–Trinajstić information content (AvgIpc) is 2.61. The third-order valence-electron chi connectivity index (χ3n) is 3.43. The van der Waals surface area contributed by atoms with Crippen molar-refractivity contribution in [2.24, 2.45) is 0 Å². The molecule has 0 aliphatic rings. The molecule has 6 heteroatoms. The number of alkyl halides is 3. The third kappa shape index (κ3) is 3.22. The number of hydrogen-bond acceptors (Lipinski definition) is 3. The van der Waals surface area contributed by atoms with Crippen LogP contribution in [0.5, 0.6) is 5.75 Å². The lowest BCUT2D eigenvalue weighted by molar-refractivity contribution is -0.141. The largest absolute Gasteiger partial charge is 0.496 e. The van der Waals surface area contributed by atoms with Crippen molar-refractivity contribution in [1.29, 1.82) is 0 Å². The van der Waals surface area contributed by atoms with Crippen molar-refractivity contribution in [2.75, 3.05) is 7.11 Å². The average molecular weight is 330 g/mol. The Bertz CT molecular complexity index is 848. The molecule has 0 aliphatic carbocycles. The SMILES string of the molecule is COc1ccccc1-c1cc(C(F)(F)F)nc(-c2ccccc2)n1. The summed E-state index contributed by atoms with van der Waals surface area (Å²) in [5.41, 5.74) is 0.163. The number of halogens is 3. The lowest BCUT2D eigenvalue weighted by Gasteiger charge is -2.12. The first-order valence-corrected chi connectivity index (χ1v) is 7.14. The van der Waals surface area contributed by atoms with Gasteiger partial charge < -0.3 is 4.74 Å². The Hall–Kier alpha value is -2.89. The smallest absolute Gasteiger partial charge is 0.433 e. The van der Waals surface area contributed by atoms with Crippen LogP contribution in [0.2, 0.25) is 0 Å². The van der Waals surface area contributed by atoms with Crippen LogP contribution in [0.25, 0.3) is 22.6 Å². The van der Waals surface area contributed by atoms with Crippen molar-refractivity contribution in [3.63, 3.8) is 0 Å². The maximum absolute atomic E-state index is 13.2. The van der Waals surface area contributed by atoms with Crippen LogP contribution in [0.3, 0.4) is 0 Å². The molecular weight excluding hydrogens is 317 g/mol. The molecule has 0 N–H and O–H groups in total. The molecule has 3 rings (SSSR count). The van der Waals surface area contributed by atoms with Gasteiger partial charge in [0.1, 0.15) is 11.4 Å². The summed E-state index contributed by atoms with van der Waals surface area (Å²) >= 11 is 0. The van der Waals surface area contributed by atoms with E-state index in [0.29, 0.717) is 16.9 Å². The molecule has 3 aromatic rings. The summed E-state index contributed by atoms with van der Waals surface area (Å²) in [6, 6.07) is 16.3. The fourth-order valence-corrected chi connectivity index (χ4v) is 2.30. The van der Waals surface area contributed by atoms with E-state index in [1.807, 2.05) is 0 Å². The van der Waals surface area contributed by atoms with E-state index in [9.17, 15) is 13.2 Å². The summed E-state index contributed by atoms with van der Waals surface area (Å²) in [5.74, 6) is 0.467. The lowest BCUT2D eigenvalue weighted by Crippen LogP contribution is -2.10. The zero-order valence-electron chi connectivity index (χ0n) is 12.7. The van der Waals surface area contributed by atoms with Crippen LogP contribution in [0.4, 0.5) is 13.2 Å². The summed E-state index contributed by atoms with van der Waals surface area (Å²) < 4.78 is 44.9. The summed E-state index contributed by atoms with van der Waals surface area (Å²) in [6.07, 6.45) is -4.57. The molecule has 1 aromatic heterocycles. The quantitative estimate of drug-likeness (QED) is 0.689. The van der Waals surface area contributed by atoms with Gasteiger partial charge in [-0.05, 0) is 18.2 Å². The number of hydrogen-bond donors (Lipinski definition) is 0. The van der Waals surface area contributed by atoms with Crippen molar-refractivity contribution < 1.29 is 17.9 Å². The molecule has 122 valence electrons. The molecular formula is C18H13F3N2O. The van der Waals surface area contributed by atoms with Gasteiger partial charge in [-0.15, -0.1) is 0 Å². The second-order valence-electron chi connectivity index (χ2n) is 5.03. The predicted molar refractivity (Wildman–Crippen MR) is 84.5 cm³/mol. The highest BCUT2D eigenvalue weighted by Gasteiger charge is 2.34. The number of rotatable bonds is 3. The Morgan fingerprint density at radius 1 is 0.875 bits per heavy atom. The van der Waals surface area contributed by atoms with Gasteiger partial charge in [0, 0.05) is 11.1 Å². The fraction of sp³-hybridized carbons (Fsp3) is 0.111. The Labute approximate surface area is 136 Å². The Balaban J connectivity index is 2.23. The molecule has 3 nitrogen and oxygen atoms in total. The molecule has 1 heterocycles. The Morgan fingerprint density at radius 2 is 1.54 bits per heavy atom. The second kappa shape index (κ2) is 6.31. The van der Waals surface area contributed by atoms with E-state index in [4.69, 9.17) is 4.74 Å². The molecule has 0 radical (unpaired) electrons. The van der Waals surface area contributed by atoms with Gasteiger partial charge in [0.15, 0.2) is 5.82 Å². The zero-order chi connectivity index (χ0) is 17.2. The van der Waals surface area contributed by atoms with Crippen molar-refractivity contribution in [3.8, 4) is 28.4 Å². The van der Waals surface area contributed by atoms with E-state index in [0.717, 1.165) is 6.07 Å². The van der Waals surface area contributed by atoms with Crippen LogP contribution in [0, 0.1) is 0 Å². The van der Waals surface area contributed by atoms with E-state index in [1.54, 1.807) is 54.6 Å². The monoisotopic (exact) mass is 330 g/mol. The van der Waals surface area contributed by atoms with E-state index >= 15 is 0 Å². The number of ether oxygens (including phenoxy) is 1. The first-order valence-electron chi connectivity index (χ1n) is 7.14. The predicted octanol–water partition coefficient (Wildman–Crippen LogP) is 4.84. The zero-order valence-corrected chi connectivity index (χ0v) is 12.7. The van der Waals surface area contributed by atoms with E-state index in [2.05, 4.69) is 9.97 Å². The van der Waals surface area contributed by atoms with Gasteiger partial charge in [-0.25, -0.2) is 9.97 Å². The molecule has 0 spiro atoms. The molecule has 0 aliphatic heterocycles. The minimum atomic E-state index is -4.57. The molecule has 0 fully saturated rings. The maximum atomic E-state index is 13.2. The first-order chi connectivity index (χ1) is 11.5. The maximum Gasteiger partial charge on any atom is 0.433 e. The van der Waals surface area contributed by atoms with Crippen molar-refractivity contribution in [3.05, 3.63) is 66.4 Å². The van der Waals surface area contributed by atoms with Gasteiger partial charge in [0.05, 0.1) is 12.8 Å². The molecule has 0 amide bonds. The van der Waals surface area contributed by atoms with Crippen LogP contribution in [0.15, 0.2) is 60.7 Å². The Morgan fingerprint density at radius 3 is 2.21 bits per heavy atom. The fourth-order valence-electron chi connectivity index (χ4n) is 2.30. The normalized spacial score (nSPS) is 11.3. The van der Waals surface area contributed by atoms with Crippen LogP contribution in [0.1, 0.15) is 5.69 Å². The molecule has 0 bridgehead atoms. The number of methoxy groups -OCH3 is 1. The highest BCUT2D eigenvalue weighted by molar-refractivity contribution is 5.69. The topological polar surface area (TPSA) is 35.0 Å². The van der Waals surface area contributed by atoms with Gasteiger partial charge >= 0.3 is 6.18 Å². The van der Waals surface area contributed by atoms with Crippen molar-refractivity contribution in [1.82, 2.24) is 9.97 Å². The third-order valence-corrected chi connectivity index (χ3v) is 3.43. The van der Waals surface area contributed by atoms with Crippen molar-refractivity contribution in [2.45, 2.75) is 6.18 Å². The standard InChI is InChI=1S/C18H13F3N2O/c1-24-15-10-6-5-9-13(15)14-11-16(18(19,20)21)23-17(22-14)12-7-3-2-4-8-12/h2-11H,1H3. The van der Waals surface area contributed by atoms with Gasteiger partial charge in [-0.1, -0.05) is 42.5 Å². The van der Waals surface area contributed by atoms with Crippen LogP contribution < -0.4 is 4.74 Å². The summed E-state index contributed by atoms with van der Waals surface area (Å²) in [7, 11) is 1.46. The molecule has 0 atom stereocenters. The summed E-state index contributed by atoms with van der Waals surface area (Å²) in [5, 5.41) is 0. The second-order valence-corrected chi connectivity index (χ2v) is 5.03. The summed E-state index contributed by atoms with van der Waals surface area (Å²) in [4.78, 5) is 7.98. The lowest BCUT2D eigenvalue weighted by atomic mass is 10.1. The number of para-hydroxylation sites is 1. The van der Waals surface area contributed by atoms with Gasteiger partial charge in [0.25, 0.3) is 0 Å². The minimum absolute atomic E-state index is 0.0198. The molecule has 0 saturated heterocycles. The number of nitrogens with zero attached hydrogens (tertiary/aromatic N) is 2. The highest BCUT2D eigenvalue weighted by Crippen LogP contribution is 2.34. The van der Waals surface area contributed by atoms with Crippen LogP contribution in [-0.4, -0.2) is 17.1 Å².